The van der Waals surface area contributed by atoms with Crippen LogP contribution >= 0.6 is 0 Å². The summed E-state index contributed by atoms with van der Waals surface area (Å²) in [6.45, 7) is 2.54. The summed E-state index contributed by atoms with van der Waals surface area (Å²) >= 11 is 0. The van der Waals surface area contributed by atoms with Crippen molar-refractivity contribution in [1.82, 2.24) is 9.80 Å². The summed E-state index contributed by atoms with van der Waals surface area (Å²) in [5.74, 6) is 3.25. The van der Waals surface area contributed by atoms with Crippen molar-refractivity contribution < 1.29 is 24.2 Å². The summed E-state index contributed by atoms with van der Waals surface area (Å²) in [5, 5.41) is 6.89. The fourth-order valence-electron chi connectivity index (χ4n) is 5.25. The first kappa shape index (κ1) is 25.5. The molecule has 1 N–H and O–H groups in total. The van der Waals surface area contributed by atoms with Crippen LogP contribution in [0.15, 0.2) is 24.3 Å². The number of carbonyl (C=O) groups excluding carboxylic acids is 1. The Hall–Kier alpha value is -2.12. The van der Waals surface area contributed by atoms with Crippen LogP contribution in [0.1, 0.15) is 44.1 Å². The van der Waals surface area contributed by atoms with Crippen molar-refractivity contribution in [3.05, 3.63) is 29.8 Å². The fourth-order valence-corrected chi connectivity index (χ4v) is 5.25. The van der Waals surface area contributed by atoms with Crippen LogP contribution in [0.5, 0.6) is 5.75 Å². The summed E-state index contributed by atoms with van der Waals surface area (Å²) < 4.78 is 11.6. The highest BCUT2D eigenvalue weighted by molar-refractivity contribution is 5.76. The van der Waals surface area contributed by atoms with Gasteiger partial charge in [-0.05, 0) is 88.1 Å². The van der Waals surface area contributed by atoms with Gasteiger partial charge in [0.05, 0.1) is 13.2 Å². The molecule has 33 heavy (non-hydrogen) atoms. The quantitative estimate of drug-likeness (QED) is 0.570. The van der Waals surface area contributed by atoms with E-state index in [9.17, 15) is 4.79 Å². The first-order valence-electron chi connectivity index (χ1n) is 12.2. The number of hydrogen-bond acceptors (Lipinski definition) is 5. The number of carbonyl (C=O) groups is 2. The number of amides is 1. The number of aryl methyl sites for hydroxylation is 1. The predicted octanol–water partition coefficient (Wildman–Crippen LogP) is 3.31. The fraction of sp³-hybridized carbons (Fsp3) is 0.692. The standard InChI is InChI=1S/C25H38N2O3.CH2O2/c1-26(2)23-13-20-15-27(16-21(20)14-24(23)30-17-19-7-8-19)25(28)6-4-5-18-9-11-22(29-3)12-10-18;2-1-3/h9-12,19-21,23-24H,4-8,13-17H2,1-3H3;1H,(H,2,3)/t20-,21+,23-,24-;/m1./s1. The Morgan fingerprint density at radius 2 is 1.79 bits per heavy atom. The normalized spacial score (nSPS) is 26.4. The van der Waals surface area contributed by atoms with E-state index in [1.807, 2.05) is 12.1 Å². The number of nitrogens with zero attached hydrogens (tertiary/aromatic N) is 2. The maximum Gasteiger partial charge on any atom is 0.290 e. The molecule has 1 amide bonds. The lowest BCUT2D eigenvalue weighted by Crippen LogP contribution is -2.48. The Labute approximate surface area is 198 Å². The second kappa shape index (κ2) is 12.4. The van der Waals surface area contributed by atoms with Crippen molar-refractivity contribution in [1.29, 1.82) is 0 Å². The van der Waals surface area contributed by atoms with Crippen LogP contribution in [-0.2, 0) is 20.7 Å². The Bertz CT molecular complexity index is 750. The molecular formula is C26H40N2O5. The highest BCUT2D eigenvalue weighted by Gasteiger charge is 2.44. The first-order chi connectivity index (χ1) is 15.9. The molecule has 184 valence electrons. The summed E-state index contributed by atoms with van der Waals surface area (Å²) in [7, 11) is 6.04. The monoisotopic (exact) mass is 460 g/mol. The molecule has 0 aromatic heterocycles. The van der Waals surface area contributed by atoms with Gasteiger partial charge in [0.15, 0.2) is 0 Å². The molecule has 1 aromatic rings. The van der Waals surface area contributed by atoms with Gasteiger partial charge in [0.2, 0.25) is 5.91 Å². The minimum atomic E-state index is -0.250. The molecule has 0 spiro atoms. The van der Waals surface area contributed by atoms with Crippen molar-refractivity contribution in [2.45, 2.75) is 57.1 Å². The van der Waals surface area contributed by atoms with Gasteiger partial charge in [0, 0.05) is 32.2 Å². The van der Waals surface area contributed by atoms with Crippen LogP contribution in [0, 0.1) is 17.8 Å². The lowest BCUT2D eigenvalue weighted by Gasteiger charge is -2.41. The predicted molar refractivity (Wildman–Crippen MR) is 127 cm³/mol. The Morgan fingerprint density at radius 1 is 1.15 bits per heavy atom. The van der Waals surface area contributed by atoms with E-state index in [0.29, 0.717) is 36.3 Å². The topological polar surface area (TPSA) is 79.3 Å². The molecule has 2 aliphatic carbocycles. The summed E-state index contributed by atoms with van der Waals surface area (Å²) in [4.78, 5) is 25.7. The molecule has 7 nitrogen and oxygen atoms in total. The summed E-state index contributed by atoms with van der Waals surface area (Å²) in [6.07, 6.45) is 7.75. The number of benzene rings is 1. The van der Waals surface area contributed by atoms with Gasteiger partial charge in [-0.3, -0.25) is 9.59 Å². The van der Waals surface area contributed by atoms with Crippen molar-refractivity contribution in [3.8, 4) is 5.75 Å². The molecule has 3 fully saturated rings. The first-order valence-corrected chi connectivity index (χ1v) is 12.2. The van der Waals surface area contributed by atoms with Crippen LogP contribution in [-0.4, -0.2) is 80.3 Å². The van der Waals surface area contributed by atoms with Gasteiger partial charge in [-0.1, -0.05) is 12.1 Å². The van der Waals surface area contributed by atoms with Gasteiger partial charge in [-0.2, -0.15) is 0 Å². The van der Waals surface area contributed by atoms with E-state index in [1.165, 1.54) is 18.4 Å². The number of ether oxygens (including phenoxy) is 2. The van der Waals surface area contributed by atoms with Gasteiger partial charge < -0.3 is 24.4 Å². The molecule has 2 saturated carbocycles. The lowest BCUT2D eigenvalue weighted by molar-refractivity contribution is -0.130. The lowest BCUT2D eigenvalue weighted by atomic mass is 9.77. The van der Waals surface area contributed by atoms with Crippen molar-refractivity contribution in [3.63, 3.8) is 0 Å². The van der Waals surface area contributed by atoms with E-state index in [4.69, 9.17) is 19.4 Å². The van der Waals surface area contributed by atoms with Crippen LogP contribution in [0.3, 0.4) is 0 Å². The van der Waals surface area contributed by atoms with Gasteiger partial charge in [0.1, 0.15) is 5.75 Å². The second-order valence-corrected chi connectivity index (χ2v) is 9.94. The zero-order chi connectivity index (χ0) is 23.8. The number of likely N-dealkylation sites (N-methyl/N-ethyl adjacent to an activating group) is 1. The molecule has 3 aliphatic rings. The van der Waals surface area contributed by atoms with E-state index in [0.717, 1.165) is 57.0 Å². The van der Waals surface area contributed by atoms with Crippen LogP contribution in [0.4, 0.5) is 0 Å². The van der Waals surface area contributed by atoms with Crippen molar-refractivity contribution in [2.75, 3.05) is 40.9 Å². The van der Waals surface area contributed by atoms with E-state index < -0.39 is 0 Å². The Kier molecular flexibility index (Phi) is 9.56. The SMILES string of the molecule is COc1ccc(CCCC(=O)N2C[C@H]3C[C@@H](N(C)C)[C@H](OCC4CC4)C[C@H]3C2)cc1.O=CO. The minimum Gasteiger partial charge on any atom is -0.497 e. The molecule has 7 heteroatoms. The van der Waals surface area contributed by atoms with Gasteiger partial charge in [-0.15, -0.1) is 0 Å². The number of methoxy groups -OCH3 is 1. The zero-order valence-corrected chi connectivity index (χ0v) is 20.3. The van der Waals surface area contributed by atoms with Crippen molar-refractivity contribution in [2.24, 2.45) is 17.8 Å². The Balaban J connectivity index is 0.000000968. The maximum absolute atomic E-state index is 12.9. The van der Waals surface area contributed by atoms with Crippen LogP contribution in [0.2, 0.25) is 0 Å². The molecule has 1 saturated heterocycles. The molecular weight excluding hydrogens is 420 g/mol. The van der Waals surface area contributed by atoms with Gasteiger partial charge in [-0.25, -0.2) is 0 Å². The molecule has 0 radical (unpaired) electrons. The Morgan fingerprint density at radius 3 is 2.36 bits per heavy atom. The van der Waals surface area contributed by atoms with Crippen LogP contribution < -0.4 is 4.74 Å². The van der Waals surface area contributed by atoms with Gasteiger partial charge in [0.25, 0.3) is 6.47 Å². The van der Waals surface area contributed by atoms with E-state index >= 15 is 0 Å². The zero-order valence-electron chi connectivity index (χ0n) is 20.3. The summed E-state index contributed by atoms with van der Waals surface area (Å²) in [6, 6.07) is 8.65. The number of rotatable bonds is 9. The maximum atomic E-state index is 12.9. The third kappa shape index (κ3) is 7.44. The van der Waals surface area contributed by atoms with E-state index in [1.54, 1.807) is 7.11 Å². The van der Waals surface area contributed by atoms with Gasteiger partial charge >= 0.3 is 0 Å². The molecule has 1 heterocycles. The number of fused-ring (bicyclic) bond motifs is 1. The molecule has 1 aliphatic heterocycles. The molecule has 1 aromatic carbocycles. The summed E-state index contributed by atoms with van der Waals surface area (Å²) in [5.41, 5.74) is 1.27. The second-order valence-electron chi connectivity index (χ2n) is 9.94. The highest BCUT2D eigenvalue weighted by atomic mass is 16.5. The number of likely N-dealkylation sites (tertiary alicyclic amines) is 1. The smallest absolute Gasteiger partial charge is 0.290 e. The third-order valence-electron chi connectivity index (χ3n) is 7.36. The number of carboxylic acid groups (broad SMARTS) is 1. The van der Waals surface area contributed by atoms with E-state index in [2.05, 4.69) is 36.0 Å². The van der Waals surface area contributed by atoms with Crippen molar-refractivity contribution >= 4 is 12.4 Å². The third-order valence-corrected chi connectivity index (χ3v) is 7.36. The van der Waals surface area contributed by atoms with E-state index in [-0.39, 0.29) is 6.47 Å². The molecule has 0 bridgehead atoms. The number of hydrogen-bond donors (Lipinski definition) is 1. The molecule has 4 rings (SSSR count). The molecule has 0 unspecified atom stereocenters. The minimum absolute atomic E-state index is 0.250. The average molecular weight is 461 g/mol. The largest absolute Gasteiger partial charge is 0.497 e. The highest BCUT2D eigenvalue weighted by Crippen LogP contribution is 2.40. The molecule has 4 atom stereocenters. The van der Waals surface area contributed by atoms with Crippen LogP contribution in [0.25, 0.3) is 0 Å². The average Bonchev–Trinajstić information content (AvgIpc) is 3.54.